The van der Waals surface area contributed by atoms with Crippen molar-refractivity contribution in [1.29, 1.82) is 0 Å². The number of rotatable bonds is 6. The molecule has 0 bridgehead atoms. The molecular formula is C25H14Cl5F4N3O3. The van der Waals surface area contributed by atoms with Crippen LogP contribution in [0.5, 0.6) is 0 Å². The van der Waals surface area contributed by atoms with Gasteiger partial charge in [-0.05, 0) is 54.1 Å². The van der Waals surface area contributed by atoms with Gasteiger partial charge in [0.2, 0.25) is 5.91 Å². The molecule has 0 saturated heterocycles. The molecule has 1 fully saturated rings. The van der Waals surface area contributed by atoms with E-state index < -0.39 is 51.6 Å². The van der Waals surface area contributed by atoms with Crippen LogP contribution in [0.3, 0.4) is 0 Å². The summed E-state index contributed by atoms with van der Waals surface area (Å²) in [6.45, 7) is 0. The molecule has 1 aliphatic rings. The summed E-state index contributed by atoms with van der Waals surface area (Å²) >= 11 is 30.9. The van der Waals surface area contributed by atoms with Crippen molar-refractivity contribution in [2.24, 2.45) is 5.92 Å². The zero-order valence-electron chi connectivity index (χ0n) is 19.5. The average Bonchev–Trinajstić information content (AvgIpc) is 3.44. The number of carbonyl (C=O) groups excluding carboxylic acids is 3. The van der Waals surface area contributed by atoms with Gasteiger partial charge in [-0.25, -0.2) is 4.39 Å². The molecule has 1 aliphatic carbocycles. The summed E-state index contributed by atoms with van der Waals surface area (Å²) in [4.78, 5) is 37.3. The molecule has 15 heteroatoms. The zero-order chi connectivity index (χ0) is 29.6. The molecule has 0 aliphatic heterocycles. The average molecular weight is 658 g/mol. The van der Waals surface area contributed by atoms with E-state index in [1.807, 2.05) is 0 Å². The van der Waals surface area contributed by atoms with E-state index in [4.69, 9.17) is 58.0 Å². The van der Waals surface area contributed by atoms with Crippen molar-refractivity contribution in [3.63, 3.8) is 0 Å². The fourth-order valence-corrected chi connectivity index (χ4v) is 5.22. The lowest BCUT2D eigenvalue weighted by atomic mass is 10.1. The Balaban J connectivity index is 1.52. The van der Waals surface area contributed by atoms with Gasteiger partial charge in [0.05, 0.1) is 37.9 Å². The predicted octanol–water partition coefficient (Wildman–Crippen LogP) is 8.07. The van der Waals surface area contributed by atoms with Gasteiger partial charge in [-0.1, -0.05) is 40.9 Å². The summed E-state index contributed by atoms with van der Waals surface area (Å²) < 4.78 is 50.3. The molecule has 3 amide bonds. The lowest BCUT2D eigenvalue weighted by molar-refractivity contribution is -0.167. The second-order valence-corrected chi connectivity index (χ2v) is 11.2. The Hall–Kier alpha value is -2.76. The molecule has 3 aromatic carbocycles. The summed E-state index contributed by atoms with van der Waals surface area (Å²) in [5.74, 6) is -6.34. The quantitative estimate of drug-likeness (QED) is 0.185. The number of hydrogen-bond acceptors (Lipinski definition) is 3. The largest absolute Gasteiger partial charge is 0.471 e. The van der Waals surface area contributed by atoms with Gasteiger partial charge in [0, 0.05) is 11.6 Å². The van der Waals surface area contributed by atoms with Gasteiger partial charge in [0.25, 0.3) is 5.91 Å². The van der Waals surface area contributed by atoms with Crippen LogP contribution in [-0.4, -0.2) is 28.2 Å². The number of nitrogens with one attached hydrogen (secondary N) is 3. The Bertz CT molecular complexity index is 1530. The third-order valence-electron chi connectivity index (χ3n) is 5.85. The first-order chi connectivity index (χ1) is 18.6. The number of amides is 3. The Morgan fingerprint density at radius 3 is 2.10 bits per heavy atom. The molecule has 40 heavy (non-hydrogen) atoms. The number of halogens is 9. The van der Waals surface area contributed by atoms with Crippen molar-refractivity contribution in [3.8, 4) is 0 Å². The minimum absolute atomic E-state index is 0.0809. The smallest absolute Gasteiger partial charge is 0.326 e. The first-order valence-corrected chi connectivity index (χ1v) is 12.9. The number of anilines is 3. The monoisotopic (exact) mass is 655 g/mol. The maximum absolute atomic E-state index is 13.7. The van der Waals surface area contributed by atoms with Gasteiger partial charge in [-0.3, -0.25) is 14.4 Å². The second-order valence-electron chi connectivity index (χ2n) is 8.58. The van der Waals surface area contributed by atoms with Crippen molar-refractivity contribution < 1.29 is 31.9 Å². The first kappa shape index (κ1) is 30.2. The van der Waals surface area contributed by atoms with Crippen LogP contribution in [0.2, 0.25) is 15.1 Å². The number of benzene rings is 3. The third kappa shape index (κ3) is 6.42. The van der Waals surface area contributed by atoms with Gasteiger partial charge in [-0.15, -0.1) is 23.2 Å². The highest BCUT2D eigenvalue weighted by molar-refractivity contribution is 6.53. The Kier molecular flexibility index (Phi) is 8.50. The van der Waals surface area contributed by atoms with E-state index in [0.29, 0.717) is 16.7 Å². The maximum Gasteiger partial charge on any atom is 0.471 e. The normalized spacial score (nSPS) is 17.6. The third-order valence-corrected chi connectivity index (χ3v) is 7.86. The van der Waals surface area contributed by atoms with E-state index in [2.05, 4.69) is 10.6 Å². The molecule has 0 aromatic heterocycles. The van der Waals surface area contributed by atoms with E-state index in [-0.39, 0.29) is 27.0 Å². The van der Waals surface area contributed by atoms with Gasteiger partial charge in [0.15, 0.2) is 0 Å². The fourth-order valence-electron chi connectivity index (χ4n) is 3.88. The summed E-state index contributed by atoms with van der Waals surface area (Å²) in [7, 11) is 0. The molecule has 2 atom stereocenters. The second kappa shape index (κ2) is 11.3. The highest BCUT2D eigenvalue weighted by Gasteiger charge is 2.67. The number of carbonyl (C=O) groups is 3. The zero-order valence-corrected chi connectivity index (χ0v) is 23.3. The minimum Gasteiger partial charge on any atom is -0.326 e. The molecule has 1 saturated carbocycles. The van der Waals surface area contributed by atoms with E-state index >= 15 is 0 Å². The highest BCUT2D eigenvalue weighted by atomic mass is 35.5. The van der Waals surface area contributed by atoms with Gasteiger partial charge >= 0.3 is 12.1 Å². The van der Waals surface area contributed by atoms with Crippen LogP contribution in [0.1, 0.15) is 21.8 Å². The van der Waals surface area contributed by atoms with Gasteiger partial charge in [-0.2, -0.15) is 13.2 Å². The van der Waals surface area contributed by atoms with Crippen LogP contribution in [0.4, 0.5) is 34.6 Å². The summed E-state index contributed by atoms with van der Waals surface area (Å²) in [5.41, 5.74) is -0.474. The van der Waals surface area contributed by atoms with Crippen molar-refractivity contribution >= 4 is 92.8 Å². The molecule has 0 heterocycles. The Morgan fingerprint density at radius 1 is 0.775 bits per heavy atom. The van der Waals surface area contributed by atoms with Crippen LogP contribution in [-0.2, 0) is 9.59 Å². The van der Waals surface area contributed by atoms with Crippen LogP contribution in [0.25, 0.3) is 0 Å². The number of hydrogen-bond donors (Lipinski definition) is 3. The van der Waals surface area contributed by atoms with Gasteiger partial charge < -0.3 is 16.0 Å². The number of alkyl halides is 5. The standard InChI is InChI=1S/C25H14Cl5F4N3O3/c26-14-5-3-12(35-22(39)20-19(24(20,29)30)10-1-4-15(27)16(28)7-10)9-13(14)21(38)36-17-6-2-11(31)8-18(17)37-23(40)25(32,33)34/h1-9,19-20H,(H,35,39)(H,36,38)(H,37,40). The summed E-state index contributed by atoms with van der Waals surface area (Å²) in [5, 5.41) is 6.85. The Morgan fingerprint density at radius 2 is 1.45 bits per heavy atom. The van der Waals surface area contributed by atoms with E-state index in [1.54, 1.807) is 18.2 Å². The van der Waals surface area contributed by atoms with Crippen LogP contribution >= 0.6 is 58.0 Å². The minimum atomic E-state index is -5.26. The molecule has 0 radical (unpaired) electrons. The van der Waals surface area contributed by atoms with Crippen LogP contribution < -0.4 is 16.0 Å². The molecule has 3 aromatic rings. The summed E-state index contributed by atoms with van der Waals surface area (Å²) in [6, 6.07) is 11.0. The molecule has 6 nitrogen and oxygen atoms in total. The highest BCUT2D eigenvalue weighted by Crippen LogP contribution is 2.65. The first-order valence-electron chi connectivity index (χ1n) is 11.0. The van der Waals surface area contributed by atoms with Crippen molar-refractivity contribution in [3.05, 3.63) is 86.6 Å². The van der Waals surface area contributed by atoms with Crippen molar-refractivity contribution in [1.82, 2.24) is 0 Å². The lowest BCUT2D eigenvalue weighted by Gasteiger charge is -2.15. The molecule has 2 unspecified atom stereocenters. The van der Waals surface area contributed by atoms with Gasteiger partial charge in [0.1, 0.15) is 10.2 Å². The lowest BCUT2D eigenvalue weighted by Crippen LogP contribution is -2.30. The van der Waals surface area contributed by atoms with Crippen LogP contribution in [0.15, 0.2) is 54.6 Å². The van der Waals surface area contributed by atoms with Crippen molar-refractivity contribution in [2.75, 3.05) is 16.0 Å². The molecule has 210 valence electrons. The summed E-state index contributed by atoms with van der Waals surface area (Å²) in [6.07, 6.45) is -5.26. The predicted molar refractivity (Wildman–Crippen MR) is 146 cm³/mol. The maximum atomic E-state index is 13.7. The molecule has 4 rings (SSSR count). The van der Waals surface area contributed by atoms with E-state index in [0.717, 1.165) is 12.1 Å². The topological polar surface area (TPSA) is 87.3 Å². The molecule has 0 spiro atoms. The molecule has 3 N–H and O–H groups in total. The Labute approximate surface area is 248 Å². The fraction of sp³-hybridized carbons (Fsp3) is 0.160. The van der Waals surface area contributed by atoms with E-state index in [9.17, 15) is 31.9 Å². The van der Waals surface area contributed by atoms with Crippen LogP contribution in [0, 0.1) is 11.7 Å². The SMILES string of the molecule is O=C(Nc1ccc(F)cc1NC(=O)C(F)(F)F)c1cc(NC(=O)C2C(c3ccc(Cl)c(Cl)c3)C2(Cl)Cl)ccc1Cl. The van der Waals surface area contributed by atoms with E-state index in [1.165, 1.54) is 23.5 Å². The molecular weight excluding hydrogens is 644 g/mol. The van der Waals surface area contributed by atoms with Crippen molar-refractivity contribution in [2.45, 2.75) is 16.4 Å².